The number of allylic oxidation sites excluding steroid dienone is 3. The molecule has 1 aromatic rings. The average molecular weight is 305 g/mol. The van der Waals surface area contributed by atoms with Gasteiger partial charge < -0.3 is 10.2 Å². The van der Waals surface area contributed by atoms with Gasteiger partial charge in [-0.3, -0.25) is 9.59 Å². The van der Waals surface area contributed by atoms with Crippen LogP contribution in [-0.4, -0.2) is 23.1 Å². The number of ketones is 1. The summed E-state index contributed by atoms with van der Waals surface area (Å²) < 4.78 is 0. The zero-order valence-electron chi connectivity index (χ0n) is 12.5. The van der Waals surface area contributed by atoms with Crippen LogP contribution < -0.4 is 5.32 Å². The maximum atomic E-state index is 12.6. The lowest BCUT2D eigenvalue weighted by Crippen LogP contribution is -2.34. The Labute approximate surface area is 133 Å². The van der Waals surface area contributed by atoms with Crippen molar-refractivity contribution in [3.05, 3.63) is 58.6 Å². The minimum absolute atomic E-state index is 0.0891. The van der Waals surface area contributed by atoms with E-state index in [0.717, 1.165) is 24.1 Å². The summed E-state index contributed by atoms with van der Waals surface area (Å²) in [6, 6.07) is 11.8. The molecule has 5 heteroatoms. The molecule has 0 spiro atoms. The van der Waals surface area contributed by atoms with Gasteiger partial charge in [0.05, 0.1) is 17.6 Å². The van der Waals surface area contributed by atoms with E-state index in [4.69, 9.17) is 0 Å². The van der Waals surface area contributed by atoms with Gasteiger partial charge in [-0.15, -0.1) is 0 Å². The van der Waals surface area contributed by atoms with Gasteiger partial charge in [-0.25, -0.2) is 0 Å². The van der Waals surface area contributed by atoms with E-state index in [1.54, 1.807) is 0 Å². The van der Waals surface area contributed by atoms with Gasteiger partial charge >= 0.3 is 0 Å². The minimum Gasteiger partial charge on any atom is -0.321 e. The highest BCUT2D eigenvalue weighted by molar-refractivity contribution is 6.00. The monoisotopic (exact) mass is 305 g/mol. The number of benzene rings is 1. The first-order valence-corrected chi connectivity index (χ1v) is 7.73. The van der Waals surface area contributed by atoms with E-state index in [1.165, 1.54) is 0 Å². The largest absolute Gasteiger partial charge is 0.321 e. The Morgan fingerprint density at radius 2 is 1.96 bits per heavy atom. The predicted molar refractivity (Wildman–Crippen MR) is 82.6 cm³/mol. The molecule has 1 unspecified atom stereocenters. The fraction of sp³-hybridized carbons (Fsp3) is 0.278. The van der Waals surface area contributed by atoms with Crippen molar-refractivity contribution < 1.29 is 9.59 Å². The van der Waals surface area contributed by atoms with Gasteiger partial charge in [0.2, 0.25) is 5.91 Å². The van der Waals surface area contributed by atoms with Crippen LogP contribution in [-0.2, 0) is 9.59 Å². The summed E-state index contributed by atoms with van der Waals surface area (Å²) in [6.07, 6.45) is 2.06. The van der Waals surface area contributed by atoms with Crippen molar-refractivity contribution in [2.75, 3.05) is 6.54 Å². The third kappa shape index (κ3) is 1.99. The number of nitrogens with one attached hydrogen (secondary N) is 1. The quantitative estimate of drug-likeness (QED) is 0.861. The van der Waals surface area contributed by atoms with E-state index in [9.17, 15) is 14.9 Å². The molecule has 1 N–H and O–H groups in total. The summed E-state index contributed by atoms with van der Waals surface area (Å²) >= 11 is 0. The van der Waals surface area contributed by atoms with Crippen LogP contribution in [0.25, 0.3) is 0 Å². The van der Waals surface area contributed by atoms with Crippen molar-refractivity contribution in [3.8, 4) is 6.07 Å². The number of fused-ring (bicyclic) bond motifs is 2. The Bertz CT molecular complexity index is 814. The Balaban J connectivity index is 1.97. The molecule has 3 aliphatic rings. The van der Waals surface area contributed by atoms with E-state index in [-0.39, 0.29) is 24.2 Å². The maximum absolute atomic E-state index is 12.6. The van der Waals surface area contributed by atoms with E-state index in [1.807, 2.05) is 35.2 Å². The molecule has 2 aliphatic heterocycles. The molecule has 1 aliphatic carbocycles. The number of nitrogens with zero attached hydrogens (tertiary/aromatic N) is 2. The fourth-order valence-corrected chi connectivity index (χ4v) is 3.74. The number of hydrogen-bond donors (Lipinski definition) is 1. The number of amides is 1. The molecular weight excluding hydrogens is 290 g/mol. The molecule has 5 nitrogen and oxygen atoms in total. The van der Waals surface area contributed by atoms with Crippen LogP contribution in [0.15, 0.2) is 53.0 Å². The SMILES string of the molecule is N#CC1=C2NC(=O)CN2C2=C(C(=O)CCC2)C1c1ccccc1. The van der Waals surface area contributed by atoms with E-state index in [0.29, 0.717) is 23.4 Å². The van der Waals surface area contributed by atoms with Crippen molar-refractivity contribution in [2.45, 2.75) is 25.2 Å². The average Bonchev–Trinajstić information content (AvgIpc) is 2.96. The van der Waals surface area contributed by atoms with Crippen LogP contribution in [0.3, 0.4) is 0 Å². The Kier molecular flexibility index (Phi) is 3.05. The number of carbonyl (C=O) groups excluding carboxylic acids is 2. The molecule has 1 saturated heterocycles. The Morgan fingerprint density at radius 3 is 2.70 bits per heavy atom. The molecule has 2 heterocycles. The lowest BCUT2D eigenvalue weighted by molar-refractivity contribution is -0.119. The van der Waals surface area contributed by atoms with Gasteiger partial charge in [-0.2, -0.15) is 5.26 Å². The van der Waals surface area contributed by atoms with Crippen molar-refractivity contribution in [2.24, 2.45) is 0 Å². The number of Topliss-reactive ketones (excluding diaryl/α,β-unsaturated/α-hetero) is 1. The van der Waals surface area contributed by atoms with Crippen LogP contribution in [0.5, 0.6) is 0 Å². The second-order valence-electron chi connectivity index (χ2n) is 5.99. The summed E-state index contributed by atoms with van der Waals surface area (Å²) in [4.78, 5) is 26.3. The summed E-state index contributed by atoms with van der Waals surface area (Å²) in [5, 5.41) is 12.5. The lowest BCUT2D eigenvalue weighted by atomic mass is 9.76. The topological polar surface area (TPSA) is 73.2 Å². The standard InChI is InChI=1S/C18H15N3O2/c19-9-12-16(11-5-2-1-3-6-11)17-13(7-4-8-14(17)22)21-10-15(23)20-18(12)21/h1-3,5-6,16H,4,7-8,10H2,(H,20,23). The van der Waals surface area contributed by atoms with E-state index in [2.05, 4.69) is 11.4 Å². The third-order valence-corrected chi connectivity index (χ3v) is 4.67. The zero-order valence-corrected chi connectivity index (χ0v) is 12.5. The third-order valence-electron chi connectivity index (χ3n) is 4.67. The van der Waals surface area contributed by atoms with E-state index >= 15 is 0 Å². The molecule has 23 heavy (non-hydrogen) atoms. The van der Waals surface area contributed by atoms with E-state index < -0.39 is 0 Å². The Hall–Kier alpha value is -2.87. The normalized spacial score (nSPS) is 23.4. The minimum atomic E-state index is -0.381. The lowest BCUT2D eigenvalue weighted by Gasteiger charge is -2.36. The molecule has 1 amide bonds. The summed E-state index contributed by atoms with van der Waals surface area (Å²) in [7, 11) is 0. The predicted octanol–water partition coefficient (Wildman–Crippen LogP) is 1.96. The summed E-state index contributed by atoms with van der Waals surface area (Å²) in [6.45, 7) is 0.189. The zero-order chi connectivity index (χ0) is 16.0. The van der Waals surface area contributed by atoms with Crippen LogP contribution in [0.2, 0.25) is 0 Å². The van der Waals surface area contributed by atoms with Gasteiger partial charge in [0, 0.05) is 17.7 Å². The smallest absolute Gasteiger partial charge is 0.245 e. The van der Waals surface area contributed by atoms with Crippen molar-refractivity contribution in [1.82, 2.24) is 10.2 Å². The summed E-state index contributed by atoms with van der Waals surface area (Å²) in [5.74, 6) is 0.131. The molecule has 0 aromatic heterocycles. The first kappa shape index (κ1) is 13.8. The first-order chi connectivity index (χ1) is 11.2. The van der Waals surface area contributed by atoms with Gasteiger partial charge in [0.25, 0.3) is 0 Å². The molecule has 4 rings (SSSR count). The Morgan fingerprint density at radius 1 is 1.17 bits per heavy atom. The second kappa shape index (κ2) is 5.10. The van der Waals surface area contributed by atoms with Crippen LogP contribution in [0.4, 0.5) is 0 Å². The van der Waals surface area contributed by atoms with Gasteiger partial charge in [0.1, 0.15) is 12.4 Å². The molecule has 0 bridgehead atoms. The van der Waals surface area contributed by atoms with Crippen LogP contribution in [0, 0.1) is 11.3 Å². The van der Waals surface area contributed by atoms with Crippen LogP contribution in [0.1, 0.15) is 30.7 Å². The first-order valence-electron chi connectivity index (χ1n) is 7.73. The number of rotatable bonds is 1. The van der Waals surface area contributed by atoms with Gasteiger partial charge in [-0.1, -0.05) is 30.3 Å². The molecule has 1 aromatic carbocycles. The molecule has 1 atom stereocenters. The van der Waals surface area contributed by atoms with Gasteiger partial charge in [-0.05, 0) is 18.4 Å². The van der Waals surface area contributed by atoms with Gasteiger partial charge in [0.15, 0.2) is 5.78 Å². The molecule has 0 radical (unpaired) electrons. The number of nitriles is 1. The molecule has 1 fully saturated rings. The molecule has 0 saturated carbocycles. The highest BCUT2D eigenvalue weighted by Gasteiger charge is 2.43. The second-order valence-corrected chi connectivity index (χ2v) is 5.99. The summed E-state index contributed by atoms with van der Waals surface area (Å²) in [5.41, 5.74) is 2.97. The van der Waals surface area contributed by atoms with Crippen molar-refractivity contribution in [3.63, 3.8) is 0 Å². The number of carbonyl (C=O) groups is 2. The highest BCUT2D eigenvalue weighted by Crippen LogP contribution is 2.45. The molecular formula is C18H15N3O2. The maximum Gasteiger partial charge on any atom is 0.245 e. The molecule has 114 valence electrons. The van der Waals surface area contributed by atoms with Crippen LogP contribution >= 0.6 is 0 Å². The van der Waals surface area contributed by atoms with Crippen molar-refractivity contribution in [1.29, 1.82) is 5.26 Å². The highest BCUT2D eigenvalue weighted by atomic mass is 16.2. The fourth-order valence-electron chi connectivity index (χ4n) is 3.74. The van der Waals surface area contributed by atoms with Crippen molar-refractivity contribution >= 4 is 11.7 Å². The number of hydrogen-bond acceptors (Lipinski definition) is 4.